The quantitative estimate of drug-likeness (QED) is 0.464. The largest absolute Gasteiger partial charge is 0.497 e. The molecular weight excluding hydrogens is 454 g/mol. The number of benzene rings is 2. The number of rotatable bonds is 9. The van der Waals surface area contributed by atoms with Gasteiger partial charge in [-0.2, -0.15) is 0 Å². The van der Waals surface area contributed by atoms with Gasteiger partial charge in [0.05, 0.1) is 49.9 Å². The van der Waals surface area contributed by atoms with Crippen molar-refractivity contribution >= 4 is 0 Å². The topological polar surface area (TPSA) is 78.6 Å². The Balaban J connectivity index is 1.29. The minimum absolute atomic E-state index is 0.0156. The first-order valence-electron chi connectivity index (χ1n) is 13.2. The Bertz CT molecular complexity index is 1120. The van der Waals surface area contributed by atoms with E-state index >= 15 is 0 Å². The molecule has 0 unspecified atom stereocenters. The summed E-state index contributed by atoms with van der Waals surface area (Å²) in [7, 11) is 1.69. The zero-order valence-corrected chi connectivity index (χ0v) is 21.3. The fourth-order valence-electron chi connectivity index (χ4n) is 5.50. The Morgan fingerprint density at radius 2 is 1.89 bits per heavy atom. The number of aromatic nitrogens is 3. The molecule has 1 N–H and O–H groups in total. The van der Waals surface area contributed by atoms with Crippen molar-refractivity contribution in [1.82, 2.24) is 15.0 Å². The van der Waals surface area contributed by atoms with Crippen LogP contribution in [0.25, 0.3) is 11.1 Å². The molecule has 192 valence electrons. The summed E-state index contributed by atoms with van der Waals surface area (Å²) >= 11 is 0. The second-order valence-corrected chi connectivity index (χ2v) is 9.98. The maximum atomic E-state index is 9.61. The predicted octanol–water partition coefficient (Wildman–Crippen LogP) is 4.78. The van der Waals surface area contributed by atoms with Gasteiger partial charge in [0.25, 0.3) is 0 Å². The molecule has 0 bridgehead atoms. The van der Waals surface area contributed by atoms with Gasteiger partial charge in [0.1, 0.15) is 5.75 Å². The van der Waals surface area contributed by atoms with Crippen LogP contribution < -0.4 is 4.74 Å². The highest BCUT2D eigenvalue weighted by atomic mass is 16.6. The molecule has 2 saturated heterocycles. The van der Waals surface area contributed by atoms with Crippen molar-refractivity contribution < 1.29 is 19.3 Å². The molecule has 0 radical (unpaired) electrons. The summed E-state index contributed by atoms with van der Waals surface area (Å²) in [5.74, 6) is 0.863. The molecule has 7 heteroatoms. The average molecular weight is 492 g/mol. The summed E-state index contributed by atoms with van der Waals surface area (Å²) in [6.45, 7) is 2.22. The van der Waals surface area contributed by atoms with Gasteiger partial charge >= 0.3 is 0 Å². The maximum Gasteiger partial charge on any atom is 0.119 e. The van der Waals surface area contributed by atoms with E-state index in [1.165, 1.54) is 11.1 Å². The van der Waals surface area contributed by atoms with Gasteiger partial charge < -0.3 is 19.3 Å². The molecule has 0 saturated carbocycles. The van der Waals surface area contributed by atoms with Crippen molar-refractivity contribution in [3.8, 4) is 16.9 Å². The fourth-order valence-corrected chi connectivity index (χ4v) is 5.50. The first-order valence-corrected chi connectivity index (χ1v) is 13.2. The maximum absolute atomic E-state index is 9.61. The van der Waals surface area contributed by atoms with Crippen LogP contribution >= 0.6 is 0 Å². The van der Waals surface area contributed by atoms with Crippen molar-refractivity contribution in [2.24, 2.45) is 0 Å². The van der Waals surface area contributed by atoms with Crippen LogP contribution in [0.5, 0.6) is 5.75 Å². The van der Waals surface area contributed by atoms with Crippen LogP contribution in [0.15, 0.2) is 54.7 Å². The van der Waals surface area contributed by atoms with Crippen LogP contribution in [-0.2, 0) is 22.3 Å². The molecule has 2 aliphatic rings. The van der Waals surface area contributed by atoms with Crippen LogP contribution in [0.1, 0.15) is 56.3 Å². The summed E-state index contributed by atoms with van der Waals surface area (Å²) in [6, 6.07) is 17.0. The van der Waals surface area contributed by atoms with E-state index in [9.17, 15) is 5.11 Å². The third kappa shape index (κ3) is 5.64. The molecule has 2 aromatic carbocycles. The van der Waals surface area contributed by atoms with Gasteiger partial charge in [0.15, 0.2) is 0 Å². The lowest BCUT2D eigenvalue weighted by Gasteiger charge is -2.45. The molecule has 7 nitrogen and oxygen atoms in total. The van der Waals surface area contributed by atoms with Crippen molar-refractivity contribution in [2.75, 3.05) is 13.7 Å². The zero-order valence-electron chi connectivity index (χ0n) is 21.3. The standard InChI is InChI=1S/C29H37N3O4/c1-3-5-23-18-32(31-30-23)26-17-29-28(15-13-25(19-33)35-29)36-27(26)14-10-20-8-11-21(12-9-20)22-6-4-7-24(16-22)34-2/h4,6-9,11-12,16,18,25-29,33H,3,5,10,13-15,17,19H2,1-2H3/t25-,26-,27+,28-,29-/m0/s1. The molecule has 0 spiro atoms. The molecule has 2 aliphatic heterocycles. The summed E-state index contributed by atoms with van der Waals surface area (Å²) in [5, 5.41) is 18.5. The van der Waals surface area contributed by atoms with Gasteiger partial charge in [-0.05, 0) is 60.9 Å². The molecule has 3 aromatic rings. The van der Waals surface area contributed by atoms with Gasteiger partial charge in [-0.15, -0.1) is 5.10 Å². The highest BCUT2D eigenvalue weighted by Crippen LogP contribution is 2.38. The van der Waals surface area contributed by atoms with E-state index < -0.39 is 0 Å². The molecule has 3 heterocycles. The van der Waals surface area contributed by atoms with Gasteiger partial charge in [-0.3, -0.25) is 0 Å². The van der Waals surface area contributed by atoms with E-state index in [-0.39, 0.29) is 37.1 Å². The average Bonchev–Trinajstić information content (AvgIpc) is 3.40. The van der Waals surface area contributed by atoms with E-state index in [1.54, 1.807) is 7.11 Å². The monoisotopic (exact) mass is 491 g/mol. The smallest absolute Gasteiger partial charge is 0.119 e. The first kappa shape index (κ1) is 24.9. The predicted molar refractivity (Wildman–Crippen MR) is 138 cm³/mol. The number of ether oxygens (including phenoxy) is 3. The zero-order chi connectivity index (χ0) is 24.9. The van der Waals surface area contributed by atoms with E-state index in [2.05, 4.69) is 59.8 Å². The lowest BCUT2D eigenvalue weighted by molar-refractivity contribution is -0.209. The van der Waals surface area contributed by atoms with Crippen molar-refractivity contribution in [3.05, 3.63) is 66.0 Å². The van der Waals surface area contributed by atoms with Crippen LogP contribution in [0, 0.1) is 0 Å². The van der Waals surface area contributed by atoms with Gasteiger partial charge in [-0.25, -0.2) is 4.68 Å². The Hall–Kier alpha value is -2.74. The van der Waals surface area contributed by atoms with Crippen LogP contribution in [0.2, 0.25) is 0 Å². The number of methoxy groups -OCH3 is 1. The normalized spacial score (nSPS) is 25.9. The van der Waals surface area contributed by atoms with E-state index in [1.807, 2.05) is 16.8 Å². The number of fused-ring (bicyclic) bond motifs is 1. The molecule has 36 heavy (non-hydrogen) atoms. The lowest BCUT2D eigenvalue weighted by atomic mass is 9.88. The SMILES string of the molecule is CCCc1cn([C@H]2C[C@@H]3O[C@H](CO)CC[C@@H]3O[C@@H]2CCc2ccc(-c3cccc(OC)c3)cc2)nn1. The highest BCUT2D eigenvalue weighted by molar-refractivity contribution is 5.65. The van der Waals surface area contributed by atoms with E-state index in [0.29, 0.717) is 0 Å². The number of aliphatic hydroxyl groups excluding tert-OH is 1. The van der Waals surface area contributed by atoms with Gasteiger partial charge in [0, 0.05) is 12.6 Å². The van der Waals surface area contributed by atoms with Gasteiger partial charge in [-0.1, -0.05) is 55.0 Å². The summed E-state index contributed by atoms with van der Waals surface area (Å²) in [6.07, 6.45) is 8.45. The number of aryl methyl sites for hydroxylation is 2. The molecule has 5 rings (SSSR count). The molecule has 2 fully saturated rings. The number of nitrogens with zero attached hydrogens (tertiary/aromatic N) is 3. The van der Waals surface area contributed by atoms with Crippen molar-refractivity contribution in [2.45, 2.75) is 82.3 Å². The number of hydrogen-bond donors (Lipinski definition) is 1. The third-order valence-electron chi connectivity index (χ3n) is 7.49. The minimum Gasteiger partial charge on any atom is -0.497 e. The van der Waals surface area contributed by atoms with Crippen molar-refractivity contribution in [3.63, 3.8) is 0 Å². The third-order valence-corrected chi connectivity index (χ3v) is 7.49. The minimum atomic E-state index is -0.0958. The molecule has 0 aliphatic carbocycles. The number of hydrogen-bond acceptors (Lipinski definition) is 6. The van der Waals surface area contributed by atoms with E-state index in [4.69, 9.17) is 14.2 Å². The summed E-state index contributed by atoms with van der Waals surface area (Å²) < 4.78 is 20.2. The van der Waals surface area contributed by atoms with Crippen molar-refractivity contribution in [1.29, 1.82) is 0 Å². The molecule has 1 aromatic heterocycles. The Morgan fingerprint density at radius 1 is 1.03 bits per heavy atom. The number of aliphatic hydroxyl groups is 1. The Morgan fingerprint density at radius 3 is 2.67 bits per heavy atom. The second-order valence-electron chi connectivity index (χ2n) is 9.98. The highest BCUT2D eigenvalue weighted by Gasteiger charge is 2.43. The Kier molecular flexibility index (Phi) is 7.99. The van der Waals surface area contributed by atoms with Crippen LogP contribution in [-0.4, -0.2) is 58.2 Å². The molecule has 5 atom stereocenters. The lowest BCUT2D eigenvalue weighted by Crippen LogP contribution is -2.51. The summed E-state index contributed by atoms with van der Waals surface area (Å²) in [5.41, 5.74) is 4.63. The van der Waals surface area contributed by atoms with Gasteiger partial charge in [0.2, 0.25) is 0 Å². The first-order chi connectivity index (χ1) is 17.7. The fraction of sp³-hybridized carbons (Fsp3) is 0.517. The van der Waals surface area contributed by atoms with E-state index in [0.717, 1.165) is 62.0 Å². The Labute approximate surface area is 213 Å². The molecular formula is C29H37N3O4. The summed E-state index contributed by atoms with van der Waals surface area (Å²) in [4.78, 5) is 0. The van der Waals surface area contributed by atoms with Crippen LogP contribution in [0.3, 0.4) is 0 Å². The molecule has 0 amide bonds. The second kappa shape index (κ2) is 11.5. The van der Waals surface area contributed by atoms with Crippen LogP contribution in [0.4, 0.5) is 0 Å².